The van der Waals surface area contributed by atoms with Gasteiger partial charge in [-0.25, -0.2) is 8.78 Å². The number of amides is 1. The Morgan fingerprint density at radius 2 is 1.81 bits per heavy atom. The van der Waals surface area contributed by atoms with Gasteiger partial charge in [0.15, 0.2) is 0 Å². The van der Waals surface area contributed by atoms with Crippen LogP contribution in [0.15, 0.2) is 12.1 Å². The number of halogens is 2. The lowest BCUT2D eigenvalue weighted by Crippen LogP contribution is -2.49. The van der Waals surface area contributed by atoms with Crippen molar-refractivity contribution in [3.05, 3.63) is 34.9 Å². The summed E-state index contributed by atoms with van der Waals surface area (Å²) in [4.78, 5) is 16.3. The molecule has 1 aliphatic heterocycles. The molecule has 21 heavy (non-hydrogen) atoms. The molecule has 1 aliphatic carbocycles. The van der Waals surface area contributed by atoms with Crippen molar-refractivity contribution < 1.29 is 13.6 Å². The lowest BCUT2D eigenvalue weighted by molar-refractivity contribution is -0.141. The summed E-state index contributed by atoms with van der Waals surface area (Å²) in [6, 6.07) is 2.78. The fraction of sp³-hybridized carbons (Fsp3) is 0.562. The molecule has 5 heteroatoms. The summed E-state index contributed by atoms with van der Waals surface area (Å²) in [6.07, 6.45) is 2.12. The number of carbonyl (C=O) groups is 1. The van der Waals surface area contributed by atoms with Crippen LogP contribution in [0.2, 0.25) is 0 Å². The van der Waals surface area contributed by atoms with E-state index in [1.807, 2.05) is 14.1 Å². The first-order chi connectivity index (χ1) is 9.97. The molecule has 1 heterocycles. The normalized spacial score (nSPS) is 24.7. The molecule has 3 rings (SSSR count). The Kier molecular flexibility index (Phi) is 3.69. The van der Waals surface area contributed by atoms with E-state index in [1.165, 1.54) is 6.07 Å². The lowest BCUT2D eigenvalue weighted by atomic mass is 9.78. The summed E-state index contributed by atoms with van der Waals surface area (Å²) in [7, 11) is 4.03. The number of nitrogens with zero attached hydrogens (tertiary/aromatic N) is 2. The van der Waals surface area contributed by atoms with Crippen molar-refractivity contribution in [1.29, 1.82) is 0 Å². The predicted octanol–water partition coefficient (Wildman–Crippen LogP) is 2.19. The van der Waals surface area contributed by atoms with Crippen molar-refractivity contribution in [2.75, 3.05) is 20.6 Å². The smallest absolute Gasteiger partial charge is 0.226 e. The molecule has 0 atom stereocenters. The molecular weight excluding hydrogens is 274 g/mol. The van der Waals surface area contributed by atoms with Gasteiger partial charge in [0.25, 0.3) is 0 Å². The Labute approximate surface area is 123 Å². The minimum Gasteiger partial charge on any atom is -0.338 e. The average molecular weight is 294 g/mol. The highest BCUT2D eigenvalue weighted by Gasteiger charge is 2.38. The third kappa shape index (κ3) is 2.55. The Hall–Kier alpha value is -1.49. The maximum atomic E-state index is 13.8. The summed E-state index contributed by atoms with van der Waals surface area (Å²) in [6.45, 7) is 0.677. The Morgan fingerprint density at radius 1 is 1.19 bits per heavy atom. The van der Waals surface area contributed by atoms with Crippen molar-refractivity contribution in [3.63, 3.8) is 0 Å². The molecule has 2 aliphatic rings. The number of benzene rings is 1. The molecule has 3 nitrogen and oxygen atoms in total. The van der Waals surface area contributed by atoms with E-state index in [0.717, 1.165) is 18.9 Å². The zero-order chi connectivity index (χ0) is 15.1. The van der Waals surface area contributed by atoms with Crippen LogP contribution in [0.1, 0.15) is 24.0 Å². The largest absolute Gasteiger partial charge is 0.338 e. The highest BCUT2D eigenvalue weighted by Crippen LogP contribution is 2.34. The van der Waals surface area contributed by atoms with Crippen LogP contribution in [-0.4, -0.2) is 42.4 Å². The van der Waals surface area contributed by atoms with Crippen molar-refractivity contribution in [2.45, 2.75) is 31.8 Å². The van der Waals surface area contributed by atoms with Crippen LogP contribution >= 0.6 is 0 Å². The number of hydrogen-bond acceptors (Lipinski definition) is 2. The molecule has 114 valence electrons. The molecule has 0 aromatic heterocycles. The number of hydrogen-bond donors (Lipinski definition) is 0. The van der Waals surface area contributed by atoms with Crippen LogP contribution in [0.25, 0.3) is 0 Å². The van der Waals surface area contributed by atoms with Crippen LogP contribution in [0.3, 0.4) is 0 Å². The van der Waals surface area contributed by atoms with Crippen molar-refractivity contribution in [3.8, 4) is 0 Å². The summed E-state index contributed by atoms with van der Waals surface area (Å²) in [5.41, 5.74) is 0.775. The minimum atomic E-state index is -0.413. The Bertz CT molecular complexity index is 568. The van der Waals surface area contributed by atoms with Gasteiger partial charge in [0.05, 0.1) is 0 Å². The zero-order valence-electron chi connectivity index (χ0n) is 12.4. The second-order valence-electron chi connectivity index (χ2n) is 6.28. The van der Waals surface area contributed by atoms with Gasteiger partial charge in [-0.05, 0) is 51.1 Å². The SMILES string of the molecule is CN(C)C1CC(C(=O)N2CCc3c(F)ccc(F)c3C2)C1. The Morgan fingerprint density at radius 3 is 2.43 bits per heavy atom. The second kappa shape index (κ2) is 5.37. The molecule has 1 saturated carbocycles. The van der Waals surface area contributed by atoms with Gasteiger partial charge in [0.2, 0.25) is 5.91 Å². The topological polar surface area (TPSA) is 23.6 Å². The number of fused-ring (bicyclic) bond motifs is 1. The van der Waals surface area contributed by atoms with Gasteiger partial charge < -0.3 is 9.80 Å². The minimum absolute atomic E-state index is 0.0376. The van der Waals surface area contributed by atoms with Gasteiger partial charge >= 0.3 is 0 Å². The molecule has 1 amide bonds. The second-order valence-corrected chi connectivity index (χ2v) is 6.28. The molecule has 1 aromatic carbocycles. The molecule has 0 radical (unpaired) electrons. The van der Waals surface area contributed by atoms with E-state index in [0.29, 0.717) is 30.1 Å². The van der Waals surface area contributed by atoms with Crippen molar-refractivity contribution in [1.82, 2.24) is 9.80 Å². The Balaban J connectivity index is 1.70. The van der Waals surface area contributed by atoms with E-state index in [1.54, 1.807) is 4.90 Å². The maximum Gasteiger partial charge on any atom is 0.226 e. The van der Waals surface area contributed by atoms with E-state index in [9.17, 15) is 13.6 Å². The zero-order valence-corrected chi connectivity index (χ0v) is 12.4. The molecular formula is C16H20F2N2O. The quantitative estimate of drug-likeness (QED) is 0.835. The molecule has 0 bridgehead atoms. The number of rotatable bonds is 2. The summed E-state index contributed by atoms with van der Waals surface area (Å²) >= 11 is 0. The average Bonchev–Trinajstić information content (AvgIpc) is 2.40. The molecule has 1 aromatic rings. The molecule has 0 unspecified atom stereocenters. The van der Waals surface area contributed by atoms with Gasteiger partial charge in [-0.15, -0.1) is 0 Å². The van der Waals surface area contributed by atoms with E-state index in [4.69, 9.17) is 0 Å². The standard InChI is InChI=1S/C16H20F2N2O/c1-19(2)11-7-10(8-11)16(21)20-6-5-12-13(9-20)15(18)4-3-14(12)17/h3-4,10-11H,5-9H2,1-2H3. The maximum absolute atomic E-state index is 13.8. The number of carbonyl (C=O) groups excluding carboxylic acids is 1. The molecule has 0 saturated heterocycles. The van der Waals surface area contributed by atoms with Gasteiger partial charge in [-0.1, -0.05) is 0 Å². The van der Waals surface area contributed by atoms with Gasteiger partial charge in [-0.3, -0.25) is 4.79 Å². The van der Waals surface area contributed by atoms with Crippen molar-refractivity contribution >= 4 is 5.91 Å². The third-order valence-electron chi connectivity index (χ3n) is 4.80. The predicted molar refractivity (Wildman–Crippen MR) is 75.7 cm³/mol. The van der Waals surface area contributed by atoms with Crippen LogP contribution < -0.4 is 0 Å². The van der Waals surface area contributed by atoms with E-state index >= 15 is 0 Å². The van der Waals surface area contributed by atoms with Crippen LogP contribution in [-0.2, 0) is 17.8 Å². The van der Waals surface area contributed by atoms with Crippen LogP contribution in [0, 0.1) is 17.6 Å². The first kappa shape index (κ1) is 14.4. The highest BCUT2D eigenvalue weighted by atomic mass is 19.1. The lowest BCUT2D eigenvalue weighted by Gasteiger charge is -2.41. The molecule has 0 spiro atoms. The van der Waals surface area contributed by atoms with Gasteiger partial charge in [0.1, 0.15) is 11.6 Å². The third-order valence-corrected chi connectivity index (χ3v) is 4.80. The van der Waals surface area contributed by atoms with Crippen LogP contribution in [0.4, 0.5) is 8.78 Å². The summed E-state index contributed by atoms with van der Waals surface area (Å²) < 4.78 is 27.5. The first-order valence-electron chi connectivity index (χ1n) is 7.38. The molecule has 1 fully saturated rings. The fourth-order valence-corrected chi connectivity index (χ4v) is 3.25. The summed E-state index contributed by atoms with van der Waals surface area (Å²) in [5.74, 6) is -0.656. The first-order valence-corrected chi connectivity index (χ1v) is 7.38. The van der Waals surface area contributed by atoms with E-state index in [2.05, 4.69) is 4.90 Å². The van der Waals surface area contributed by atoms with Crippen molar-refractivity contribution in [2.24, 2.45) is 5.92 Å². The van der Waals surface area contributed by atoms with Crippen LogP contribution in [0.5, 0.6) is 0 Å². The highest BCUT2D eigenvalue weighted by molar-refractivity contribution is 5.80. The monoisotopic (exact) mass is 294 g/mol. The van der Waals surface area contributed by atoms with Gasteiger partial charge in [-0.2, -0.15) is 0 Å². The van der Waals surface area contributed by atoms with E-state index < -0.39 is 5.82 Å². The van der Waals surface area contributed by atoms with Gasteiger partial charge in [0, 0.05) is 30.6 Å². The fourth-order valence-electron chi connectivity index (χ4n) is 3.25. The molecule has 0 N–H and O–H groups in total. The van der Waals surface area contributed by atoms with E-state index in [-0.39, 0.29) is 24.2 Å². The summed E-state index contributed by atoms with van der Waals surface area (Å²) in [5, 5.41) is 0.